The number of fused-ring (bicyclic) bond motifs is 1. The van der Waals surface area contributed by atoms with E-state index in [1.54, 1.807) is 24.3 Å². The molecule has 4 rings (SSSR count). The third-order valence-electron chi connectivity index (χ3n) is 3.94. The van der Waals surface area contributed by atoms with E-state index in [-0.39, 0.29) is 12.4 Å². The molecule has 0 radical (unpaired) electrons. The quantitative estimate of drug-likeness (QED) is 0.499. The van der Waals surface area contributed by atoms with Gasteiger partial charge < -0.3 is 9.15 Å². The van der Waals surface area contributed by atoms with Gasteiger partial charge in [0.25, 0.3) is 0 Å². The first-order valence-corrected chi connectivity index (χ1v) is 8.02. The highest BCUT2D eigenvalue weighted by molar-refractivity contribution is 5.77. The average Bonchev–Trinajstić information content (AvgIpc) is 3.14. The van der Waals surface area contributed by atoms with Crippen molar-refractivity contribution in [1.29, 1.82) is 0 Å². The number of hydrogen-bond donors (Lipinski definition) is 0. The predicted octanol–water partition coefficient (Wildman–Crippen LogP) is 3.37. The molecule has 0 aliphatic rings. The highest BCUT2D eigenvalue weighted by atomic mass is 19.4. The number of halogens is 3. The Morgan fingerprint density at radius 3 is 2.54 bits per heavy atom. The molecule has 0 spiro atoms. The van der Waals surface area contributed by atoms with Gasteiger partial charge in [-0.2, -0.15) is 17.9 Å². The topological polar surface area (TPSA) is 83.0 Å². The van der Waals surface area contributed by atoms with Crippen molar-refractivity contribution in [3.05, 3.63) is 76.4 Å². The Kier molecular flexibility index (Phi) is 4.30. The lowest BCUT2D eigenvalue weighted by molar-refractivity contribution is -0.137. The number of rotatable bonds is 4. The van der Waals surface area contributed by atoms with Crippen LogP contribution < -0.4 is 10.4 Å². The summed E-state index contributed by atoms with van der Waals surface area (Å²) in [5.41, 5.74) is -0.510. The standard InChI is InChI=1S/C18H11F3N4O3/c19-18(20,21)12-3-5-13(6-4-12)25-16(22-23-24-25)10-27-14-7-1-11-2-8-17(26)28-15(11)9-14/h1-9H,10H2. The van der Waals surface area contributed by atoms with Gasteiger partial charge in [0.2, 0.25) is 0 Å². The number of nitrogens with zero attached hydrogens (tertiary/aromatic N) is 4. The van der Waals surface area contributed by atoms with E-state index in [2.05, 4.69) is 15.5 Å². The van der Waals surface area contributed by atoms with Crippen LogP contribution in [0.5, 0.6) is 5.75 Å². The molecule has 0 fully saturated rings. The van der Waals surface area contributed by atoms with Crippen LogP contribution in [0.25, 0.3) is 16.7 Å². The molecule has 2 heterocycles. The van der Waals surface area contributed by atoms with E-state index < -0.39 is 17.4 Å². The van der Waals surface area contributed by atoms with Crippen LogP contribution in [0.3, 0.4) is 0 Å². The summed E-state index contributed by atoms with van der Waals surface area (Å²) in [6.45, 7) is -0.0450. The molecule has 7 nitrogen and oxygen atoms in total. The van der Waals surface area contributed by atoms with Gasteiger partial charge in [-0.05, 0) is 52.9 Å². The highest BCUT2D eigenvalue weighted by Gasteiger charge is 2.30. The van der Waals surface area contributed by atoms with Gasteiger partial charge >= 0.3 is 11.8 Å². The Morgan fingerprint density at radius 1 is 1.04 bits per heavy atom. The zero-order chi connectivity index (χ0) is 19.7. The average molecular weight is 388 g/mol. The number of alkyl halides is 3. The van der Waals surface area contributed by atoms with Crippen LogP contribution in [0, 0.1) is 0 Å². The molecule has 2 aromatic heterocycles. The second-order valence-corrected chi connectivity index (χ2v) is 5.79. The van der Waals surface area contributed by atoms with E-state index in [9.17, 15) is 18.0 Å². The first-order chi connectivity index (χ1) is 13.4. The minimum atomic E-state index is -4.42. The lowest BCUT2D eigenvalue weighted by atomic mass is 10.2. The van der Waals surface area contributed by atoms with Crippen LogP contribution in [0.15, 0.2) is 63.8 Å². The lowest BCUT2D eigenvalue weighted by Crippen LogP contribution is -2.08. The molecular weight excluding hydrogens is 377 g/mol. The Morgan fingerprint density at radius 2 is 1.79 bits per heavy atom. The van der Waals surface area contributed by atoms with E-state index in [0.29, 0.717) is 17.0 Å². The fourth-order valence-corrected chi connectivity index (χ4v) is 2.57. The minimum Gasteiger partial charge on any atom is -0.485 e. The lowest BCUT2D eigenvalue weighted by Gasteiger charge is -2.09. The van der Waals surface area contributed by atoms with Gasteiger partial charge in [0.1, 0.15) is 17.9 Å². The van der Waals surface area contributed by atoms with Crippen LogP contribution in [-0.4, -0.2) is 20.2 Å². The molecule has 0 aliphatic carbocycles. The van der Waals surface area contributed by atoms with Crippen LogP contribution in [0.4, 0.5) is 13.2 Å². The molecule has 0 N–H and O–H groups in total. The second-order valence-electron chi connectivity index (χ2n) is 5.79. The Bertz CT molecular complexity index is 1180. The van der Waals surface area contributed by atoms with Gasteiger partial charge in [-0.3, -0.25) is 0 Å². The molecule has 0 bridgehead atoms. The molecule has 28 heavy (non-hydrogen) atoms. The molecule has 0 amide bonds. The van der Waals surface area contributed by atoms with Crippen LogP contribution in [-0.2, 0) is 12.8 Å². The van der Waals surface area contributed by atoms with Crippen molar-refractivity contribution in [3.8, 4) is 11.4 Å². The number of ether oxygens (including phenoxy) is 1. The summed E-state index contributed by atoms with van der Waals surface area (Å²) < 4.78 is 50.1. The zero-order valence-corrected chi connectivity index (χ0v) is 14.1. The van der Waals surface area contributed by atoms with Gasteiger partial charge in [0, 0.05) is 17.5 Å². The van der Waals surface area contributed by atoms with E-state index in [1.165, 1.54) is 22.9 Å². The van der Waals surface area contributed by atoms with Crippen LogP contribution in [0.2, 0.25) is 0 Å². The maximum Gasteiger partial charge on any atom is 0.416 e. The predicted molar refractivity (Wildman–Crippen MR) is 91.0 cm³/mol. The maximum absolute atomic E-state index is 12.7. The number of benzene rings is 2. The highest BCUT2D eigenvalue weighted by Crippen LogP contribution is 2.29. The van der Waals surface area contributed by atoms with Gasteiger partial charge in [-0.1, -0.05) is 0 Å². The third kappa shape index (κ3) is 3.56. The van der Waals surface area contributed by atoms with Gasteiger partial charge in [0.05, 0.1) is 11.3 Å². The normalized spacial score (nSPS) is 11.7. The minimum absolute atomic E-state index is 0.0450. The van der Waals surface area contributed by atoms with E-state index in [0.717, 1.165) is 17.5 Å². The molecule has 10 heteroatoms. The van der Waals surface area contributed by atoms with Crippen LogP contribution >= 0.6 is 0 Å². The molecule has 4 aromatic rings. The summed E-state index contributed by atoms with van der Waals surface area (Å²) in [6, 6.07) is 12.4. The first kappa shape index (κ1) is 17.7. The Labute approximate surface area is 155 Å². The molecule has 0 saturated heterocycles. The molecule has 142 valence electrons. The summed E-state index contributed by atoms with van der Waals surface area (Å²) in [5.74, 6) is 0.707. The summed E-state index contributed by atoms with van der Waals surface area (Å²) in [4.78, 5) is 11.3. The molecule has 0 saturated carbocycles. The second kappa shape index (κ2) is 6.80. The zero-order valence-electron chi connectivity index (χ0n) is 14.1. The largest absolute Gasteiger partial charge is 0.485 e. The molecule has 2 aromatic carbocycles. The summed E-state index contributed by atoms with van der Waals surface area (Å²) in [7, 11) is 0. The molecule has 0 atom stereocenters. The van der Waals surface area contributed by atoms with Crippen molar-refractivity contribution in [1.82, 2.24) is 20.2 Å². The number of aromatic nitrogens is 4. The third-order valence-corrected chi connectivity index (χ3v) is 3.94. The summed E-state index contributed by atoms with van der Waals surface area (Å²) in [5, 5.41) is 11.9. The fraction of sp³-hybridized carbons (Fsp3) is 0.111. The Balaban J connectivity index is 1.54. The van der Waals surface area contributed by atoms with Crippen molar-refractivity contribution < 1.29 is 22.3 Å². The number of hydrogen-bond acceptors (Lipinski definition) is 6. The first-order valence-electron chi connectivity index (χ1n) is 8.02. The van der Waals surface area contributed by atoms with Crippen LogP contribution in [0.1, 0.15) is 11.4 Å². The van der Waals surface area contributed by atoms with E-state index >= 15 is 0 Å². The van der Waals surface area contributed by atoms with Crippen molar-refractivity contribution >= 4 is 11.0 Å². The Hall–Kier alpha value is -3.69. The van der Waals surface area contributed by atoms with Crippen molar-refractivity contribution in [3.63, 3.8) is 0 Å². The maximum atomic E-state index is 12.7. The fourth-order valence-electron chi connectivity index (χ4n) is 2.57. The van der Waals surface area contributed by atoms with Gasteiger partial charge in [-0.15, -0.1) is 5.10 Å². The van der Waals surface area contributed by atoms with Crippen molar-refractivity contribution in [2.45, 2.75) is 12.8 Å². The molecule has 0 unspecified atom stereocenters. The van der Waals surface area contributed by atoms with E-state index in [4.69, 9.17) is 9.15 Å². The van der Waals surface area contributed by atoms with Gasteiger partial charge in [0.15, 0.2) is 5.82 Å². The molecular formula is C18H11F3N4O3. The monoisotopic (exact) mass is 388 g/mol. The summed E-state index contributed by atoms with van der Waals surface area (Å²) >= 11 is 0. The number of tetrazole rings is 1. The van der Waals surface area contributed by atoms with E-state index in [1.807, 2.05) is 0 Å². The SMILES string of the molecule is O=c1ccc2ccc(OCc3nnnn3-c3ccc(C(F)(F)F)cc3)cc2o1. The smallest absolute Gasteiger partial charge is 0.416 e. The molecule has 0 aliphatic heterocycles. The summed E-state index contributed by atoms with van der Waals surface area (Å²) in [6.07, 6.45) is -4.42. The van der Waals surface area contributed by atoms with Crippen molar-refractivity contribution in [2.24, 2.45) is 0 Å². The van der Waals surface area contributed by atoms with Crippen molar-refractivity contribution in [2.75, 3.05) is 0 Å². The van der Waals surface area contributed by atoms with Gasteiger partial charge in [-0.25, -0.2) is 4.79 Å².